The lowest BCUT2D eigenvalue weighted by Gasteiger charge is -2.25. The van der Waals surface area contributed by atoms with Gasteiger partial charge in [0, 0.05) is 17.4 Å². The Balaban J connectivity index is 1.57. The average Bonchev–Trinajstić information content (AvgIpc) is 3.42. The molecular formula is C26H22O2. The fraction of sp³-hybridized carbons (Fsp3) is 0.192. The van der Waals surface area contributed by atoms with E-state index in [-0.39, 0.29) is 17.6 Å². The first-order valence-corrected chi connectivity index (χ1v) is 9.79. The van der Waals surface area contributed by atoms with Crippen LogP contribution in [-0.2, 0) is 9.53 Å². The smallest absolute Gasteiger partial charge is 0.170 e. The van der Waals surface area contributed by atoms with E-state index in [1.807, 2.05) is 48.5 Å². The second kappa shape index (κ2) is 6.88. The van der Waals surface area contributed by atoms with Crippen LogP contribution in [-0.4, -0.2) is 19.0 Å². The Morgan fingerprint density at radius 1 is 0.750 bits per heavy atom. The van der Waals surface area contributed by atoms with E-state index in [0.717, 1.165) is 11.1 Å². The molecule has 28 heavy (non-hydrogen) atoms. The summed E-state index contributed by atoms with van der Waals surface area (Å²) in [5, 5.41) is 0. The van der Waals surface area contributed by atoms with Gasteiger partial charge in [0.1, 0.15) is 0 Å². The molecule has 2 heteroatoms. The third kappa shape index (κ3) is 2.73. The molecule has 0 aromatic heterocycles. The summed E-state index contributed by atoms with van der Waals surface area (Å²) >= 11 is 0. The number of ether oxygens (including phenoxy) is 1. The molecule has 2 nitrogen and oxygen atoms in total. The molecule has 138 valence electrons. The van der Waals surface area contributed by atoms with E-state index in [1.54, 1.807) is 0 Å². The van der Waals surface area contributed by atoms with Gasteiger partial charge in [-0.15, -0.1) is 0 Å². The van der Waals surface area contributed by atoms with Crippen molar-refractivity contribution in [1.82, 2.24) is 0 Å². The number of rotatable bonds is 3. The molecule has 5 rings (SSSR count). The van der Waals surface area contributed by atoms with Gasteiger partial charge in [-0.25, -0.2) is 0 Å². The minimum Gasteiger partial charge on any atom is -0.376 e. The summed E-state index contributed by atoms with van der Waals surface area (Å²) in [7, 11) is 0. The van der Waals surface area contributed by atoms with E-state index in [9.17, 15) is 4.79 Å². The second-order valence-corrected chi connectivity index (χ2v) is 7.72. The van der Waals surface area contributed by atoms with Crippen molar-refractivity contribution in [1.29, 1.82) is 0 Å². The SMILES string of the molecule is O=C1/C(=C/c2ccccc2)COCC12[C@H](c1ccccc1)[C@@H]2c1ccccc1. The van der Waals surface area contributed by atoms with E-state index in [2.05, 4.69) is 48.5 Å². The zero-order chi connectivity index (χ0) is 19.0. The molecule has 0 N–H and O–H groups in total. The number of ketones is 1. The molecule has 2 aliphatic rings. The Labute approximate surface area is 165 Å². The Morgan fingerprint density at radius 3 is 1.79 bits per heavy atom. The lowest BCUT2D eigenvalue weighted by atomic mass is 9.86. The third-order valence-corrected chi connectivity index (χ3v) is 6.10. The number of hydrogen-bond donors (Lipinski definition) is 0. The maximum absolute atomic E-state index is 13.7. The van der Waals surface area contributed by atoms with Crippen LogP contribution in [0.1, 0.15) is 28.5 Å². The fourth-order valence-corrected chi connectivity index (χ4v) is 4.82. The highest BCUT2D eigenvalue weighted by atomic mass is 16.5. The van der Waals surface area contributed by atoms with Crippen molar-refractivity contribution in [2.45, 2.75) is 11.8 Å². The van der Waals surface area contributed by atoms with Crippen molar-refractivity contribution in [2.24, 2.45) is 5.41 Å². The van der Waals surface area contributed by atoms with Crippen molar-refractivity contribution in [3.05, 3.63) is 113 Å². The second-order valence-electron chi connectivity index (χ2n) is 7.72. The molecule has 1 spiro atoms. The first-order chi connectivity index (χ1) is 13.8. The van der Waals surface area contributed by atoms with Gasteiger partial charge < -0.3 is 4.74 Å². The van der Waals surface area contributed by atoms with Crippen LogP contribution < -0.4 is 0 Å². The van der Waals surface area contributed by atoms with Crippen LogP contribution in [0, 0.1) is 5.41 Å². The standard InChI is InChI=1S/C26H22O2/c27-25-22(16-19-10-4-1-5-11-19)17-28-18-26(25)23(20-12-6-2-7-13-20)24(26)21-14-8-3-9-15-21/h1-16,23-24H,17-18H2/b22-16+/t23-,24+,26?. The van der Waals surface area contributed by atoms with Crippen molar-refractivity contribution in [3.8, 4) is 0 Å². The highest BCUT2D eigenvalue weighted by molar-refractivity contribution is 6.08. The van der Waals surface area contributed by atoms with Gasteiger partial charge >= 0.3 is 0 Å². The first-order valence-electron chi connectivity index (χ1n) is 9.79. The van der Waals surface area contributed by atoms with Gasteiger partial charge in [-0.05, 0) is 22.8 Å². The molecule has 0 radical (unpaired) electrons. The number of benzene rings is 3. The van der Waals surface area contributed by atoms with Crippen LogP contribution in [0.5, 0.6) is 0 Å². The third-order valence-electron chi connectivity index (χ3n) is 6.10. The molecule has 3 aromatic carbocycles. The van der Waals surface area contributed by atoms with E-state index < -0.39 is 5.41 Å². The summed E-state index contributed by atoms with van der Waals surface area (Å²) in [5.74, 6) is 0.552. The summed E-state index contributed by atoms with van der Waals surface area (Å²) in [6.45, 7) is 0.871. The van der Waals surface area contributed by atoms with Gasteiger partial charge in [-0.3, -0.25) is 4.79 Å². The number of Topliss-reactive ketones (excluding diaryl/α,β-unsaturated/α-hetero) is 1. The summed E-state index contributed by atoms with van der Waals surface area (Å²) in [6.07, 6.45) is 1.99. The van der Waals surface area contributed by atoms with Crippen molar-refractivity contribution in [2.75, 3.05) is 13.2 Å². The lowest BCUT2D eigenvalue weighted by molar-refractivity contribution is -0.126. The highest BCUT2D eigenvalue weighted by Crippen LogP contribution is 2.72. The highest BCUT2D eigenvalue weighted by Gasteiger charge is 2.71. The van der Waals surface area contributed by atoms with Crippen LogP contribution in [0.15, 0.2) is 96.6 Å². The Hall–Kier alpha value is -2.97. The molecule has 1 aliphatic heterocycles. The summed E-state index contributed by atoms with van der Waals surface area (Å²) in [4.78, 5) is 13.7. The summed E-state index contributed by atoms with van der Waals surface area (Å²) < 4.78 is 6.02. The van der Waals surface area contributed by atoms with Gasteiger partial charge in [0.25, 0.3) is 0 Å². The Bertz CT molecular complexity index is 961. The van der Waals surface area contributed by atoms with Crippen molar-refractivity contribution < 1.29 is 9.53 Å². The predicted octanol–water partition coefficient (Wildman–Crippen LogP) is 5.24. The quantitative estimate of drug-likeness (QED) is 0.593. The Morgan fingerprint density at radius 2 is 1.25 bits per heavy atom. The van der Waals surface area contributed by atoms with Crippen molar-refractivity contribution in [3.63, 3.8) is 0 Å². The molecule has 1 heterocycles. The molecule has 1 saturated carbocycles. The van der Waals surface area contributed by atoms with Gasteiger partial charge in [-0.1, -0.05) is 91.0 Å². The monoisotopic (exact) mass is 366 g/mol. The minimum absolute atomic E-state index is 0.156. The average molecular weight is 366 g/mol. The normalized spacial score (nSPS) is 27.9. The number of hydrogen-bond acceptors (Lipinski definition) is 2. The maximum atomic E-state index is 13.7. The first kappa shape index (κ1) is 17.2. The lowest BCUT2D eigenvalue weighted by Crippen LogP contribution is -2.34. The van der Waals surface area contributed by atoms with Crippen LogP contribution in [0.4, 0.5) is 0 Å². The summed E-state index contributed by atoms with van der Waals surface area (Å²) in [6, 6.07) is 30.8. The molecular weight excluding hydrogens is 344 g/mol. The fourth-order valence-electron chi connectivity index (χ4n) is 4.82. The minimum atomic E-state index is -0.498. The molecule has 1 saturated heterocycles. The molecule has 0 amide bonds. The topological polar surface area (TPSA) is 26.3 Å². The van der Waals surface area contributed by atoms with E-state index in [4.69, 9.17) is 4.74 Å². The largest absolute Gasteiger partial charge is 0.376 e. The molecule has 1 unspecified atom stereocenters. The van der Waals surface area contributed by atoms with Crippen LogP contribution in [0.3, 0.4) is 0 Å². The van der Waals surface area contributed by atoms with Crippen molar-refractivity contribution >= 4 is 11.9 Å². The zero-order valence-corrected chi connectivity index (χ0v) is 15.6. The van der Waals surface area contributed by atoms with Crippen LogP contribution in [0.2, 0.25) is 0 Å². The van der Waals surface area contributed by atoms with E-state index in [0.29, 0.717) is 13.2 Å². The van der Waals surface area contributed by atoms with Gasteiger partial charge in [0.2, 0.25) is 0 Å². The number of carbonyl (C=O) groups excluding carboxylic acids is 1. The molecule has 3 atom stereocenters. The summed E-state index contributed by atoms with van der Waals surface area (Å²) in [5.41, 5.74) is 3.75. The van der Waals surface area contributed by atoms with Crippen LogP contribution >= 0.6 is 0 Å². The molecule has 1 aliphatic carbocycles. The predicted molar refractivity (Wildman–Crippen MR) is 111 cm³/mol. The van der Waals surface area contributed by atoms with Gasteiger partial charge in [0.05, 0.1) is 18.6 Å². The van der Waals surface area contributed by atoms with Crippen LogP contribution in [0.25, 0.3) is 6.08 Å². The maximum Gasteiger partial charge on any atom is 0.170 e. The molecule has 2 fully saturated rings. The number of carbonyl (C=O) groups is 1. The Kier molecular flexibility index (Phi) is 4.22. The van der Waals surface area contributed by atoms with E-state index in [1.165, 1.54) is 11.1 Å². The van der Waals surface area contributed by atoms with Gasteiger partial charge in [-0.2, -0.15) is 0 Å². The molecule has 3 aromatic rings. The molecule has 0 bridgehead atoms. The van der Waals surface area contributed by atoms with E-state index >= 15 is 0 Å². The van der Waals surface area contributed by atoms with Gasteiger partial charge in [0.15, 0.2) is 5.78 Å². The zero-order valence-electron chi connectivity index (χ0n) is 15.6.